The van der Waals surface area contributed by atoms with Crippen LogP contribution in [0.15, 0.2) is 77.7 Å². The van der Waals surface area contributed by atoms with Crippen LogP contribution in [0.3, 0.4) is 0 Å². The molecule has 1 heterocycles. The van der Waals surface area contributed by atoms with Gasteiger partial charge in [-0.05, 0) is 53.6 Å². The van der Waals surface area contributed by atoms with Crippen LogP contribution < -0.4 is 9.64 Å². The van der Waals surface area contributed by atoms with E-state index in [1.165, 1.54) is 23.8 Å². The van der Waals surface area contributed by atoms with E-state index in [-0.39, 0.29) is 11.5 Å². The highest BCUT2D eigenvalue weighted by Gasteiger charge is 2.35. The first-order chi connectivity index (χ1) is 16.0. The van der Waals surface area contributed by atoms with Crippen molar-refractivity contribution in [2.45, 2.75) is 6.61 Å². The number of hydrogen-bond acceptors (Lipinski definition) is 6. The summed E-state index contributed by atoms with van der Waals surface area (Å²) < 4.78 is 11.1. The van der Waals surface area contributed by atoms with Crippen molar-refractivity contribution in [3.8, 4) is 5.75 Å². The number of esters is 1. The Labute approximate surface area is 205 Å². The van der Waals surface area contributed by atoms with Crippen molar-refractivity contribution in [2.24, 2.45) is 0 Å². The largest absolute Gasteiger partial charge is 0.489 e. The van der Waals surface area contributed by atoms with Gasteiger partial charge in [0.25, 0.3) is 5.91 Å². The number of para-hydroxylation sites is 1. The number of ether oxygens (including phenoxy) is 2. The summed E-state index contributed by atoms with van der Waals surface area (Å²) in [4.78, 5) is 27.1. The number of anilines is 1. The van der Waals surface area contributed by atoms with E-state index in [1.54, 1.807) is 30.3 Å². The van der Waals surface area contributed by atoms with Gasteiger partial charge in [0.1, 0.15) is 12.4 Å². The Kier molecular flexibility index (Phi) is 7.13. The van der Waals surface area contributed by atoms with E-state index in [4.69, 9.17) is 33.3 Å². The SMILES string of the molecule is COC(=O)c1ccccc1N1C(=O)/C(=C/c2cccc(OCc3ccc(Cl)cc3)c2)SC1=S. The second-order valence-corrected chi connectivity index (χ2v) is 9.13. The molecule has 1 aliphatic heterocycles. The fourth-order valence-electron chi connectivity index (χ4n) is 3.22. The Morgan fingerprint density at radius 2 is 1.85 bits per heavy atom. The van der Waals surface area contributed by atoms with Crippen molar-refractivity contribution in [1.82, 2.24) is 0 Å². The van der Waals surface area contributed by atoms with Crippen LogP contribution in [0.5, 0.6) is 5.75 Å². The van der Waals surface area contributed by atoms with Crippen molar-refractivity contribution >= 4 is 63.5 Å². The molecule has 1 amide bonds. The summed E-state index contributed by atoms with van der Waals surface area (Å²) in [7, 11) is 1.30. The maximum Gasteiger partial charge on any atom is 0.339 e. The molecular weight excluding hydrogens is 478 g/mol. The number of methoxy groups -OCH3 is 1. The van der Waals surface area contributed by atoms with E-state index < -0.39 is 5.97 Å². The van der Waals surface area contributed by atoms with Gasteiger partial charge in [0.2, 0.25) is 0 Å². The van der Waals surface area contributed by atoms with Crippen molar-refractivity contribution in [3.63, 3.8) is 0 Å². The number of rotatable bonds is 6. The molecule has 1 fully saturated rings. The first-order valence-electron chi connectivity index (χ1n) is 9.89. The molecule has 0 saturated carbocycles. The Balaban J connectivity index is 1.54. The fraction of sp³-hybridized carbons (Fsp3) is 0.0800. The third-order valence-electron chi connectivity index (χ3n) is 4.82. The maximum atomic E-state index is 13.2. The number of thiocarbonyl (C=S) groups is 1. The molecule has 0 radical (unpaired) electrons. The minimum absolute atomic E-state index is 0.273. The number of amides is 1. The molecule has 33 heavy (non-hydrogen) atoms. The van der Waals surface area contributed by atoms with E-state index in [0.29, 0.717) is 32.3 Å². The summed E-state index contributed by atoms with van der Waals surface area (Å²) in [5.74, 6) is -0.159. The monoisotopic (exact) mass is 495 g/mol. The number of nitrogens with zero attached hydrogens (tertiary/aromatic N) is 1. The Morgan fingerprint density at radius 3 is 2.61 bits per heavy atom. The fourth-order valence-corrected chi connectivity index (χ4v) is 4.63. The van der Waals surface area contributed by atoms with Gasteiger partial charge in [-0.15, -0.1) is 0 Å². The average molecular weight is 496 g/mol. The maximum absolute atomic E-state index is 13.2. The molecule has 4 rings (SSSR count). The highest BCUT2D eigenvalue weighted by molar-refractivity contribution is 8.27. The van der Waals surface area contributed by atoms with Crippen LogP contribution in [-0.4, -0.2) is 23.3 Å². The molecule has 0 spiro atoms. The lowest BCUT2D eigenvalue weighted by Gasteiger charge is -2.17. The van der Waals surface area contributed by atoms with Gasteiger partial charge in [-0.2, -0.15) is 0 Å². The average Bonchev–Trinajstić information content (AvgIpc) is 3.10. The molecule has 3 aromatic carbocycles. The van der Waals surface area contributed by atoms with Gasteiger partial charge in [0.15, 0.2) is 4.32 Å². The highest BCUT2D eigenvalue weighted by atomic mass is 35.5. The Hall–Kier alpha value is -3.13. The molecular formula is C25H18ClNO4S2. The van der Waals surface area contributed by atoms with Gasteiger partial charge in [-0.25, -0.2) is 4.79 Å². The van der Waals surface area contributed by atoms with Crippen LogP contribution in [0.1, 0.15) is 21.5 Å². The molecule has 5 nitrogen and oxygen atoms in total. The lowest BCUT2D eigenvalue weighted by atomic mass is 10.1. The van der Waals surface area contributed by atoms with Gasteiger partial charge in [0.05, 0.1) is 23.3 Å². The molecule has 0 unspecified atom stereocenters. The Morgan fingerprint density at radius 1 is 1.09 bits per heavy atom. The molecule has 3 aromatic rings. The second kappa shape index (κ2) is 10.2. The highest BCUT2D eigenvalue weighted by Crippen LogP contribution is 2.37. The molecule has 0 N–H and O–H groups in total. The summed E-state index contributed by atoms with van der Waals surface area (Å²) in [5.41, 5.74) is 2.46. The van der Waals surface area contributed by atoms with Crippen LogP contribution in [0, 0.1) is 0 Å². The molecule has 0 atom stereocenters. The zero-order valence-electron chi connectivity index (χ0n) is 17.5. The van der Waals surface area contributed by atoms with Crippen LogP contribution >= 0.6 is 35.6 Å². The molecule has 0 bridgehead atoms. The molecule has 1 aliphatic rings. The summed E-state index contributed by atoms with van der Waals surface area (Å²) in [6.45, 7) is 0.396. The normalized spacial score (nSPS) is 14.6. The van der Waals surface area contributed by atoms with Gasteiger partial charge in [-0.3, -0.25) is 9.69 Å². The quantitative estimate of drug-likeness (QED) is 0.233. The van der Waals surface area contributed by atoms with Crippen molar-refractivity contribution < 1.29 is 19.1 Å². The number of carbonyl (C=O) groups is 2. The van der Waals surface area contributed by atoms with E-state index >= 15 is 0 Å². The zero-order chi connectivity index (χ0) is 23.4. The van der Waals surface area contributed by atoms with Crippen LogP contribution in [0.25, 0.3) is 6.08 Å². The summed E-state index contributed by atoms with van der Waals surface area (Å²) in [5, 5.41) is 0.673. The lowest BCUT2D eigenvalue weighted by molar-refractivity contribution is -0.113. The van der Waals surface area contributed by atoms with E-state index in [2.05, 4.69) is 0 Å². The van der Waals surface area contributed by atoms with Gasteiger partial charge >= 0.3 is 5.97 Å². The number of hydrogen-bond donors (Lipinski definition) is 0. The number of carbonyl (C=O) groups excluding carboxylic acids is 2. The number of benzene rings is 3. The first-order valence-corrected chi connectivity index (χ1v) is 11.5. The lowest BCUT2D eigenvalue weighted by Crippen LogP contribution is -2.29. The standard InChI is InChI=1S/C25H18ClNO4S2/c1-30-24(29)20-7-2-3-8-21(20)27-23(28)22(33-25(27)32)14-17-5-4-6-19(13-17)31-15-16-9-11-18(26)12-10-16/h2-14H,15H2,1H3/b22-14-. The molecule has 166 valence electrons. The van der Waals surface area contributed by atoms with Crippen LogP contribution in [0.4, 0.5) is 5.69 Å². The van der Waals surface area contributed by atoms with Crippen molar-refractivity contribution in [2.75, 3.05) is 12.0 Å². The van der Waals surface area contributed by atoms with Gasteiger partial charge in [-0.1, -0.05) is 72.0 Å². The predicted molar refractivity (Wildman–Crippen MR) is 136 cm³/mol. The van der Waals surface area contributed by atoms with Crippen molar-refractivity contribution in [3.05, 3.63) is 99.4 Å². The minimum Gasteiger partial charge on any atom is -0.489 e. The molecule has 8 heteroatoms. The van der Waals surface area contributed by atoms with E-state index in [0.717, 1.165) is 11.1 Å². The summed E-state index contributed by atoms with van der Waals surface area (Å²) in [6.07, 6.45) is 1.76. The summed E-state index contributed by atoms with van der Waals surface area (Å²) >= 11 is 12.5. The van der Waals surface area contributed by atoms with Crippen LogP contribution in [-0.2, 0) is 16.1 Å². The summed E-state index contributed by atoms with van der Waals surface area (Å²) in [6, 6.07) is 21.6. The topological polar surface area (TPSA) is 55.8 Å². The molecule has 1 saturated heterocycles. The predicted octanol–water partition coefficient (Wildman–Crippen LogP) is 6.11. The third-order valence-corrected chi connectivity index (χ3v) is 6.37. The van der Waals surface area contributed by atoms with E-state index in [1.807, 2.05) is 48.5 Å². The van der Waals surface area contributed by atoms with Crippen LogP contribution in [0.2, 0.25) is 5.02 Å². The first kappa shape index (κ1) is 23.0. The number of halogens is 1. The van der Waals surface area contributed by atoms with Crippen molar-refractivity contribution in [1.29, 1.82) is 0 Å². The smallest absolute Gasteiger partial charge is 0.339 e. The third kappa shape index (κ3) is 5.27. The minimum atomic E-state index is -0.533. The number of thioether (sulfide) groups is 1. The molecule has 0 aromatic heterocycles. The molecule has 0 aliphatic carbocycles. The second-order valence-electron chi connectivity index (χ2n) is 7.01. The zero-order valence-corrected chi connectivity index (χ0v) is 19.9. The Bertz CT molecular complexity index is 1260. The van der Waals surface area contributed by atoms with E-state index in [9.17, 15) is 9.59 Å². The van der Waals surface area contributed by atoms with Gasteiger partial charge < -0.3 is 9.47 Å². The van der Waals surface area contributed by atoms with Gasteiger partial charge in [0, 0.05) is 5.02 Å².